The minimum absolute atomic E-state index is 0.0266. The van der Waals surface area contributed by atoms with Crippen LogP contribution in [0.2, 0.25) is 0 Å². The van der Waals surface area contributed by atoms with Crippen molar-refractivity contribution in [3.63, 3.8) is 0 Å². The van der Waals surface area contributed by atoms with Gasteiger partial charge in [0.15, 0.2) is 0 Å². The van der Waals surface area contributed by atoms with Crippen LogP contribution in [0, 0.1) is 0 Å². The van der Waals surface area contributed by atoms with Crippen LogP contribution in [0.3, 0.4) is 0 Å². The second kappa shape index (κ2) is 5.53. The highest BCUT2D eigenvalue weighted by Crippen LogP contribution is 2.25. The average molecular weight is 303 g/mol. The van der Waals surface area contributed by atoms with Crippen LogP contribution in [-0.4, -0.2) is 79.4 Å². The monoisotopic (exact) mass is 303 g/mol. The van der Waals surface area contributed by atoms with E-state index in [2.05, 4.69) is 4.90 Å². The summed E-state index contributed by atoms with van der Waals surface area (Å²) in [5.41, 5.74) is 0. The van der Waals surface area contributed by atoms with Gasteiger partial charge in [0.05, 0.1) is 12.2 Å². The number of fused-ring (bicyclic) bond motifs is 1. The lowest BCUT2D eigenvalue weighted by Crippen LogP contribution is -2.58. The van der Waals surface area contributed by atoms with E-state index in [9.17, 15) is 8.42 Å². The molecule has 0 bridgehead atoms. The molecule has 0 aliphatic carbocycles. The normalized spacial score (nSPS) is 38.0. The van der Waals surface area contributed by atoms with Crippen molar-refractivity contribution in [3.05, 3.63) is 0 Å². The number of hydrogen-bond acceptors (Lipinski definition) is 4. The van der Waals surface area contributed by atoms with Crippen LogP contribution in [0.15, 0.2) is 0 Å². The first-order valence-electron chi connectivity index (χ1n) is 7.61. The molecule has 6 nitrogen and oxygen atoms in total. The van der Waals surface area contributed by atoms with Crippen molar-refractivity contribution in [2.75, 3.05) is 39.3 Å². The topological polar surface area (TPSA) is 53.1 Å². The van der Waals surface area contributed by atoms with Crippen molar-refractivity contribution in [2.45, 2.75) is 44.9 Å². The maximum atomic E-state index is 12.8. The lowest BCUT2D eigenvalue weighted by atomic mass is 10.2. The van der Waals surface area contributed by atoms with Crippen molar-refractivity contribution in [2.24, 2.45) is 0 Å². The molecule has 0 spiro atoms. The Balaban J connectivity index is 1.71. The number of hydrogen-bond donors (Lipinski definition) is 0. The smallest absolute Gasteiger partial charge is 0.282 e. The number of nitrogens with zero attached hydrogens (tertiary/aromatic N) is 3. The molecule has 0 N–H and O–H groups in total. The zero-order chi connectivity index (χ0) is 14.3. The highest BCUT2D eigenvalue weighted by atomic mass is 32.2. The standard InChI is InChI=1S/C13H25N3O3S/c1-11-8-16(9-12(2)19-11)20(17,18)15-7-6-14-5-3-4-13(14)10-15/h11-13H,3-10H2,1-2H3/t11-,12+,13-/m1/s1. The third-order valence-electron chi connectivity index (χ3n) is 4.59. The fraction of sp³-hybridized carbons (Fsp3) is 1.00. The summed E-state index contributed by atoms with van der Waals surface area (Å²) in [6.07, 6.45) is 2.27. The minimum atomic E-state index is -3.33. The first-order chi connectivity index (χ1) is 9.46. The van der Waals surface area contributed by atoms with E-state index in [1.54, 1.807) is 8.61 Å². The predicted octanol–water partition coefficient (Wildman–Crippen LogP) is 0.120. The SMILES string of the molecule is C[C@@H]1CN(S(=O)(=O)N2CCN3CCC[C@@H]3C2)C[C@H](C)O1. The molecular formula is C13H25N3O3S. The summed E-state index contributed by atoms with van der Waals surface area (Å²) >= 11 is 0. The molecule has 3 atom stereocenters. The highest BCUT2D eigenvalue weighted by Gasteiger charge is 2.40. The summed E-state index contributed by atoms with van der Waals surface area (Å²) in [5.74, 6) is 0. The largest absolute Gasteiger partial charge is 0.373 e. The molecule has 0 aromatic carbocycles. The molecule has 0 aromatic rings. The maximum Gasteiger partial charge on any atom is 0.282 e. The van der Waals surface area contributed by atoms with Crippen molar-refractivity contribution in [1.29, 1.82) is 0 Å². The molecule has 0 amide bonds. The fourth-order valence-corrected chi connectivity index (χ4v) is 5.45. The Morgan fingerprint density at radius 2 is 1.65 bits per heavy atom. The molecule has 3 aliphatic heterocycles. The fourth-order valence-electron chi connectivity index (χ4n) is 3.65. The average Bonchev–Trinajstić information content (AvgIpc) is 2.84. The van der Waals surface area contributed by atoms with Crippen LogP contribution >= 0.6 is 0 Å². The Labute approximate surface area is 121 Å². The van der Waals surface area contributed by atoms with E-state index in [1.165, 1.54) is 6.42 Å². The molecule has 0 saturated carbocycles. The zero-order valence-electron chi connectivity index (χ0n) is 12.4. The van der Waals surface area contributed by atoms with Gasteiger partial charge in [-0.1, -0.05) is 0 Å². The molecule has 0 radical (unpaired) electrons. The van der Waals surface area contributed by atoms with E-state index in [1.807, 2.05) is 13.8 Å². The number of morpholine rings is 1. The highest BCUT2D eigenvalue weighted by molar-refractivity contribution is 7.86. The van der Waals surface area contributed by atoms with Crippen LogP contribution < -0.4 is 0 Å². The predicted molar refractivity (Wildman–Crippen MR) is 76.7 cm³/mol. The maximum absolute atomic E-state index is 12.8. The van der Waals surface area contributed by atoms with Crippen molar-refractivity contribution in [3.8, 4) is 0 Å². The number of ether oxygens (including phenoxy) is 1. The molecule has 3 saturated heterocycles. The first kappa shape index (κ1) is 14.7. The second-order valence-corrected chi connectivity index (χ2v) is 8.20. The van der Waals surface area contributed by atoms with E-state index in [-0.39, 0.29) is 12.2 Å². The van der Waals surface area contributed by atoms with Gasteiger partial charge in [0, 0.05) is 38.8 Å². The van der Waals surface area contributed by atoms with Crippen LogP contribution in [0.5, 0.6) is 0 Å². The summed E-state index contributed by atoms with van der Waals surface area (Å²) in [6, 6.07) is 0.425. The van der Waals surface area contributed by atoms with Crippen LogP contribution in [0.25, 0.3) is 0 Å². The molecular weight excluding hydrogens is 278 g/mol. The Morgan fingerprint density at radius 1 is 0.950 bits per heavy atom. The van der Waals surface area contributed by atoms with Crippen LogP contribution in [-0.2, 0) is 14.9 Å². The van der Waals surface area contributed by atoms with Gasteiger partial charge in [-0.05, 0) is 33.2 Å². The third-order valence-corrected chi connectivity index (χ3v) is 6.52. The molecule has 3 heterocycles. The van der Waals surface area contributed by atoms with Crippen molar-refractivity contribution in [1.82, 2.24) is 13.5 Å². The van der Waals surface area contributed by atoms with E-state index < -0.39 is 10.2 Å². The molecule has 3 rings (SSSR count). The van der Waals surface area contributed by atoms with Gasteiger partial charge in [-0.3, -0.25) is 4.90 Å². The molecule has 0 aromatic heterocycles. The van der Waals surface area contributed by atoms with Gasteiger partial charge in [0.2, 0.25) is 0 Å². The summed E-state index contributed by atoms with van der Waals surface area (Å²) in [6.45, 7) is 8.10. The Hall–Kier alpha value is -0.210. The zero-order valence-corrected chi connectivity index (χ0v) is 13.2. The molecule has 7 heteroatoms. The summed E-state index contributed by atoms with van der Waals surface area (Å²) in [7, 11) is -3.33. The van der Waals surface area contributed by atoms with Gasteiger partial charge in [-0.2, -0.15) is 17.0 Å². The molecule has 3 aliphatic rings. The van der Waals surface area contributed by atoms with E-state index in [0.717, 1.165) is 19.5 Å². The Morgan fingerprint density at radius 3 is 2.35 bits per heavy atom. The van der Waals surface area contributed by atoms with Crippen LogP contribution in [0.1, 0.15) is 26.7 Å². The van der Waals surface area contributed by atoms with Crippen molar-refractivity contribution >= 4 is 10.2 Å². The second-order valence-electron chi connectivity index (χ2n) is 6.27. The third kappa shape index (κ3) is 2.74. The van der Waals surface area contributed by atoms with E-state index in [0.29, 0.717) is 32.2 Å². The minimum Gasteiger partial charge on any atom is -0.373 e. The molecule has 20 heavy (non-hydrogen) atoms. The molecule has 3 fully saturated rings. The van der Waals surface area contributed by atoms with Gasteiger partial charge in [-0.15, -0.1) is 0 Å². The van der Waals surface area contributed by atoms with Gasteiger partial charge >= 0.3 is 0 Å². The van der Waals surface area contributed by atoms with Gasteiger partial charge < -0.3 is 4.74 Å². The molecule has 0 unspecified atom stereocenters. The lowest BCUT2D eigenvalue weighted by molar-refractivity contribution is -0.0459. The van der Waals surface area contributed by atoms with E-state index in [4.69, 9.17) is 4.74 Å². The van der Waals surface area contributed by atoms with Gasteiger partial charge in [-0.25, -0.2) is 0 Å². The number of rotatable bonds is 2. The summed E-state index contributed by atoms with van der Waals surface area (Å²) in [5, 5.41) is 0. The quantitative estimate of drug-likeness (QED) is 0.727. The summed E-state index contributed by atoms with van der Waals surface area (Å²) < 4.78 is 34.5. The summed E-state index contributed by atoms with van der Waals surface area (Å²) in [4.78, 5) is 2.43. The van der Waals surface area contributed by atoms with Gasteiger partial charge in [0.25, 0.3) is 10.2 Å². The lowest BCUT2D eigenvalue weighted by Gasteiger charge is -2.41. The van der Waals surface area contributed by atoms with Gasteiger partial charge in [0.1, 0.15) is 0 Å². The first-order valence-corrected chi connectivity index (χ1v) is 9.01. The van der Waals surface area contributed by atoms with Crippen molar-refractivity contribution < 1.29 is 13.2 Å². The van der Waals surface area contributed by atoms with E-state index >= 15 is 0 Å². The number of piperazine rings is 1. The molecule has 116 valence electrons. The Bertz CT molecular complexity index is 446. The Kier molecular flexibility index (Phi) is 4.07. The van der Waals surface area contributed by atoms with Crippen LogP contribution in [0.4, 0.5) is 0 Å².